The molecule has 2 aromatic rings. The van der Waals surface area contributed by atoms with Gasteiger partial charge < -0.3 is 11.5 Å². The number of rotatable bonds is 0. The molecule has 0 amide bonds. The third-order valence-electron chi connectivity index (χ3n) is 2.30. The number of nitrogen functional groups attached to an aromatic ring is 2. The van der Waals surface area contributed by atoms with E-state index in [1.807, 2.05) is 38.1 Å². The van der Waals surface area contributed by atoms with Gasteiger partial charge in [-0.05, 0) is 43.7 Å². The zero-order chi connectivity index (χ0) is 13.7. The van der Waals surface area contributed by atoms with Crippen LogP contribution < -0.4 is 11.5 Å². The summed E-state index contributed by atoms with van der Waals surface area (Å²) in [5, 5.41) is 1.04. The van der Waals surface area contributed by atoms with Gasteiger partial charge in [0.05, 0.1) is 15.7 Å². The van der Waals surface area contributed by atoms with Crippen LogP contribution in [0, 0.1) is 13.8 Å². The molecule has 0 saturated carbocycles. The first kappa shape index (κ1) is 14.7. The van der Waals surface area contributed by atoms with Crippen molar-refractivity contribution >= 4 is 34.6 Å². The lowest BCUT2D eigenvalue weighted by molar-refractivity contribution is 1.47. The molecule has 0 aliphatic heterocycles. The molecule has 0 heterocycles. The Hall–Kier alpha value is -1.38. The molecule has 0 spiro atoms. The lowest BCUT2D eigenvalue weighted by atomic mass is 10.2. The Balaban J connectivity index is 0.000000184. The van der Waals surface area contributed by atoms with Crippen LogP contribution in [-0.2, 0) is 0 Å². The Kier molecular flexibility index (Phi) is 5.32. The molecule has 96 valence electrons. The first-order valence-electron chi connectivity index (χ1n) is 5.43. The van der Waals surface area contributed by atoms with Crippen molar-refractivity contribution in [2.75, 3.05) is 11.5 Å². The highest BCUT2D eigenvalue weighted by atomic mass is 35.5. The second kappa shape index (κ2) is 6.53. The van der Waals surface area contributed by atoms with Crippen molar-refractivity contribution in [3.05, 3.63) is 57.6 Å². The van der Waals surface area contributed by atoms with E-state index < -0.39 is 0 Å². The molecule has 0 aromatic heterocycles. The molecule has 4 heteroatoms. The SMILES string of the molecule is Cc1cc(Cl)c(N)c(Cl)c1.Cc1ccc(N)cc1. The van der Waals surface area contributed by atoms with Crippen LogP contribution >= 0.6 is 23.2 Å². The summed E-state index contributed by atoms with van der Waals surface area (Å²) in [6.45, 7) is 3.96. The van der Waals surface area contributed by atoms with E-state index in [1.165, 1.54) is 5.56 Å². The van der Waals surface area contributed by atoms with Crippen LogP contribution in [0.25, 0.3) is 0 Å². The van der Waals surface area contributed by atoms with E-state index in [1.54, 1.807) is 12.1 Å². The minimum absolute atomic E-state index is 0.453. The smallest absolute Gasteiger partial charge is 0.0693 e. The largest absolute Gasteiger partial charge is 0.399 e. The van der Waals surface area contributed by atoms with Crippen molar-refractivity contribution in [3.63, 3.8) is 0 Å². The molecule has 4 N–H and O–H groups in total. The van der Waals surface area contributed by atoms with E-state index in [4.69, 9.17) is 34.7 Å². The Bertz CT molecular complexity index is 478. The van der Waals surface area contributed by atoms with E-state index in [-0.39, 0.29) is 0 Å². The summed E-state index contributed by atoms with van der Waals surface area (Å²) in [5.74, 6) is 0. The van der Waals surface area contributed by atoms with Crippen LogP contribution in [0.15, 0.2) is 36.4 Å². The maximum atomic E-state index is 5.71. The molecule has 0 saturated heterocycles. The zero-order valence-corrected chi connectivity index (χ0v) is 11.9. The first-order valence-corrected chi connectivity index (χ1v) is 6.19. The fourth-order valence-electron chi connectivity index (χ4n) is 1.28. The number of halogens is 2. The number of hydrogen-bond donors (Lipinski definition) is 2. The molecular formula is C14H16Cl2N2. The van der Waals surface area contributed by atoms with Gasteiger partial charge in [-0.25, -0.2) is 0 Å². The molecule has 0 unspecified atom stereocenters. The zero-order valence-electron chi connectivity index (χ0n) is 10.4. The van der Waals surface area contributed by atoms with Crippen molar-refractivity contribution in [1.29, 1.82) is 0 Å². The van der Waals surface area contributed by atoms with Crippen molar-refractivity contribution in [3.8, 4) is 0 Å². The van der Waals surface area contributed by atoms with Gasteiger partial charge in [0.25, 0.3) is 0 Å². The molecule has 0 aliphatic rings. The standard InChI is InChI=1S/C7H7Cl2N.C7H9N/c1-4-2-5(8)7(10)6(9)3-4;1-6-2-4-7(8)5-3-6/h2-3H,10H2,1H3;2-5H,8H2,1H3. The highest BCUT2D eigenvalue weighted by molar-refractivity contribution is 6.38. The third-order valence-corrected chi connectivity index (χ3v) is 2.93. The molecule has 0 bridgehead atoms. The summed E-state index contributed by atoms with van der Waals surface area (Å²) >= 11 is 11.4. The average molecular weight is 283 g/mol. The van der Waals surface area contributed by atoms with E-state index in [2.05, 4.69) is 0 Å². The molecule has 2 rings (SSSR count). The fourth-order valence-corrected chi connectivity index (χ4v) is 1.87. The predicted molar refractivity (Wildman–Crippen MR) is 81.2 cm³/mol. The van der Waals surface area contributed by atoms with Gasteiger partial charge in [-0.1, -0.05) is 40.9 Å². The highest BCUT2D eigenvalue weighted by Crippen LogP contribution is 2.28. The van der Waals surface area contributed by atoms with E-state index in [9.17, 15) is 0 Å². The molecular weight excluding hydrogens is 267 g/mol. The van der Waals surface area contributed by atoms with Crippen LogP contribution in [0.1, 0.15) is 11.1 Å². The van der Waals surface area contributed by atoms with E-state index in [0.29, 0.717) is 15.7 Å². The lowest BCUT2D eigenvalue weighted by Crippen LogP contribution is -1.87. The number of aryl methyl sites for hydroxylation is 2. The molecule has 2 nitrogen and oxygen atoms in total. The van der Waals surface area contributed by atoms with Gasteiger partial charge in [-0.15, -0.1) is 0 Å². The van der Waals surface area contributed by atoms with Crippen molar-refractivity contribution in [2.24, 2.45) is 0 Å². The minimum atomic E-state index is 0.453. The molecule has 0 radical (unpaired) electrons. The van der Waals surface area contributed by atoms with Crippen LogP contribution in [-0.4, -0.2) is 0 Å². The Morgan fingerprint density at radius 2 is 1.22 bits per heavy atom. The number of benzene rings is 2. The molecule has 2 aromatic carbocycles. The molecule has 0 aliphatic carbocycles. The summed E-state index contributed by atoms with van der Waals surface area (Å²) in [6.07, 6.45) is 0. The van der Waals surface area contributed by atoms with E-state index in [0.717, 1.165) is 11.3 Å². The summed E-state index contributed by atoms with van der Waals surface area (Å²) in [7, 11) is 0. The van der Waals surface area contributed by atoms with Gasteiger partial charge in [-0.2, -0.15) is 0 Å². The quantitative estimate of drug-likeness (QED) is 0.701. The second-order valence-electron chi connectivity index (χ2n) is 4.05. The van der Waals surface area contributed by atoms with Crippen molar-refractivity contribution in [1.82, 2.24) is 0 Å². The van der Waals surface area contributed by atoms with Crippen LogP contribution in [0.2, 0.25) is 10.0 Å². The van der Waals surface area contributed by atoms with Gasteiger partial charge in [0.15, 0.2) is 0 Å². The van der Waals surface area contributed by atoms with Crippen LogP contribution in [0.4, 0.5) is 11.4 Å². The summed E-state index contributed by atoms with van der Waals surface area (Å²) < 4.78 is 0. The van der Waals surface area contributed by atoms with Crippen LogP contribution in [0.3, 0.4) is 0 Å². The highest BCUT2D eigenvalue weighted by Gasteiger charge is 2.00. The van der Waals surface area contributed by atoms with Gasteiger partial charge in [0.1, 0.15) is 0 Å². The Morgan fingerprint density at radius 1 is 0.778 bits per heavy atom. The Morgan fingerprint density at radius 3 is 1.61 bits per heavy atom. The summed E-state index contributed by atoms with van der Waals surface area (Å²) in [5.41, 5.74) is 14.5. The topological polar surface area (TPSA) is 52.0 Å². The number of nitrogens with two attached hydrogens (primary N) is 2. The number of hydrogen-bond acceptors (Lipinski definition) is 2. The molecule has 18 heavy (non-hydrogen) atoms. The average Bonchev–Trinajstić information content (AvgIpc) is 2.31. The maximum Gasteiger partial charge on any atom is 0.0693 e. The molecule has 0 atom stereocenters. The van der Waals surface area contributed by atoms with Crippen molar-refractivity contribution in [2.45, 2.75) is 13.8 Å². The van der Waals surface area contributed by atoms with E-state index >= 15 is 0 Å². The third kappa shape index (κ3) is 4.47. The van der Waals surface area contributed by atoms with Crippen molar-refractivity contribution < 1.29 is 0 Å². The van der Waals surface area contributed by atoms with Gasteiger partial charge in [0.2, 0.25) is 0 Å². The lowest BCUT2D eigenvalue weighted by Gasteiger charge is -2.01. The maximum absolute atomic E-state index is 5.71. The summed E-state index contributed by atoms with van der Waals surface area (Å²) in [4.78, 5) is 0. The normalized spacial score (nSPS) is 9.56. The van der Waals surface area contributed by atoms with Gasteiger partial charge in [-0.3, -0.25) is 0 Å². The minimum Gasteiger partial charge on any atom is -0.399 e. The fraction of sp³-hybridized carbons (Fsp3) is 0.143. The molecule has 0 fully saturated rings. The van der Waals surface area contributed by atoms with Crippen LogP contribution in [0.5, 0.6) is 0 Å². The second-order valence-corrected chi connectivity index (χ2v) is 4.87. The monoisotopic (exact) mass is 282 g/mol. The number of anilines is 2. The predicted octanol–water partition coefficient (Wildman–Crippen LogP) is 4.46. The van der Waals surface area contributed by atoms with Gasteiger partial charge >= 0.3 is 0 Å². The summed E-state index contributed by atoms with van der Waals surface area (Å²) in [6, 6.07) is 11.3. The van der Waals surface area contributed by atoms with Gasteiger partial charge in [0, 0.05) is 5.69 Å². The first-order chi connectivity index (χ1) is 8.40. The Labute approximate surface area is 118 Å².